The van der Waals surface area contributed by atoms with E-state index in [1.54, 1.807) is 7.11 Å². The molecule has 0 atom stereocenters. The molecule has 1 aromatic heterocycles. The Balaban J connectivity index is 2.02. The largest absolute Gasteiger partial charge is 0.497 e. The highest BCUT2D eigenvalue weighted by Crippen LogP contribution is 2.40. The van der Waals surface area contributed by atoms with Crippen LogP contribution in [0.3, 0.4) is 0 Å². The van der Waals surface area contributed by atoms with Crippen LogP contribution in [0.1, 0.15) is 12.5 Å². The average Bonchev–Trinajstić information content (AvgIpc) is 3.21. The Labute approximate surface area is 139 Å². The fourth-order valence-corrected chi connectivity index (χ4v) is 3.24. The van der Waals surface area contributed by atoms with E-state index in [9.17, 15) is 5.26 Å². The second-order valence-corrected chi connectivity index (χ2v) is 5.53. The minimum atomic E-state index is 0.234. The zero-order valence-electron chi connectivity index (χ0n) is 13.5. The standard InChI is InChI=1S/C19H16N2O3/c1-3-21-16-9-13(22-2)5-6-14(16)15(10-20)19(21)12-4-7-17-18(8-12)24-11-23-17/h4-9H,3,11H2,1-2H3. The second kappa shape index (κ2) is 5.50. The summed E-state index contributed by atoms with van der Waals surface area (Å²) in [4.78, 5) is 0. The Morgan fingerprint density at radius 3 is 2.75 bits per heavy atom. The van der Waals surface area contributed by atoms with Gasteiger partial charge in [-0.05, 0) is 37.3 Å². The highest BCUT2D eigenvalue weighted by atomic mass is 16.7. The summed E-state index contributed by atoms with van der Waals surface area (Å²) in [6.45, 7) is 3.05. The van der Waals surface area contributed by atoms with Gasteiger partial charge in [-0.25, -0.2) is 0 Å². The Morgan fingerprint density at radius 2 is 2.00 bits per heavy atom. The van der Waals surface area contributed by atoms with Crippen molar-refractivity contribution in [3.05, 3.63) is 42.0 Å². The molecule has 0 radical (unpaired) electrons. The fraction of sp³-hybridized carbons (Fsp3) is 0.211. The first-order valence-corrected chi connectivity index (χ1v) is 7.77. The molecule has 2 heterocycles. The van der Waals surface area contributed by atoms with Crippen molar-refractivity contribution >= 4 is 10.9 Å². The molecule has 0 unspecified atom stereocenters. The van der Waals surface area contributed by atoms with Crippen LogP contribution in [0.25, 0.3) is 22.2 Å². The van der Waals surface area contributed by atoms with Gasteiger partial charge in [-0.2, -0.15) is 5.26 Å². The van der Waals surface area contributed by atoms with Crippen LogP contribution in [-0.2, 0) is 6.54 Å². The predicted octanol–water partition coefficient (Wildman–Crippen LogP) is 3.94. The lowest BCUT2D eigenvalue weighted by Gasteiger charge is -2.09. The molecule has 3 aromatic rings. The second-order valence-electron chi connectivity index (χ2n) is 5.53. The quantitative estimate of drug-likeness (QED) is 0.733. The number of nitrogens with zero attached hydrogens (tertiary/aromatic N) is 2. The molecule has 24 heavy (non-hydrogen) atoms. The lowest BCUT2D eigenvalue weighted by Crippen LogP contribution is -1.98. The predicted molar refractivity (Wildman–Crippen MR) is 90.4 cm³/mol. The number of hydrogen-bond acceptors (Lipinski definition) is 4. The van der Waals surface area contributed by atoms with E-state index < -0.39 is 0 Å². The van der Waals surface area contributed by atoms with Crippen molar-refractivity contribution < 1.29 is 14.2 Å². The molecule has 0 aliphatic carbocycles. The zero-order valence-corrected chi connectivity index (χ0v) is 13.5. The summed E-state index contributed by atoms with van der Waals surface area (Å²) in [7, 11) is 1.64. The molecule has 2 aromatic carbocycles. The Kier molecular flexibility index (Phi) is 3.31. The Morgan fingerprint density at radius 1 is 1.17 bits per heavy atom. The third-order valence-electron chi connectivity index (χ3n) is 4.35. The lowest BCUT2D eigenvalue weighted by atomic mass is 10.1. The van der Waals surface area contributed by atoms with Crippen LogP contribution in [0.2, 0.25) is 0 Å². The highest BCUT2D eigenvalue weighted by molar-refractivity contribution is 5.95. The van der Waals surface area contributed by atoms with Crippen molar-refractivity contribution in [3.63, 3.8) is 0 Å². The molecule has 0 N–H and O–H groups in total. The van der Waals surface area contributed by atoms with Crippen molar-refractivity contribution in [1.82, 2.24) is 4.57 Å². The first-order valence-electron chi connectivity index (χ1n) is 7.77. The van der Waals surface area contributed by atoms with Crippen LogP contribution >= 0.6 is 0 Å². The van der Waals surface area contributed by atoms with Crippen molar-refractivity contribution in [2.75, 3.05) is 13.9 Å². The van der Waals surface area contributed by atoms with E-state index >= 15 is 0 Å². The average molecular weight is 320 g/mol. The number of nitriles is 1. The maximum atomic E-state index is 9.76. The van der Waals surface area contributed by atoms with E-state index in [2.05, 4.69) is 17.6 Å². The number of aryl methyl sites for hydroxylation is 1. The van der Waals surface area contributed by atoms with Crippen molar-refractivity contribution in [2.45, 2.75) is 13.5 Å². The molecule has 120 valence electrons. The Bertz CT molecular complexity index is 982. The molecule has 5 nitrogen and oxygen atoms in total. The summed E-state index contributed by atoms with van der Waals surface area (Å²) in [6, 6.07) is 13.9. The summed E-state index contributed by atoms with van der Waals surface area (Å²) in [5.74, 6) is 2.22. The van der Waals surface area contributed by atoms with E-state index in [4.69, 9.17) is 14.2 Å². The summed E-state index contributed by atoms with van der Waals surface area (Å²) < 4.78 is 18.3. The van der Waals surface area contributed by atoms with Crippen LogP contribution < -0.4 is 14.2 Å². The van der Waals surface area contributed by atoms with E-state index in [1.165, 1.54) is 0 Å². The molecule has 1 aliphatic rings. The van der Waals surface area contributed by atoms with Crippen molar-refractivity contribution in [1.29, 1.82) is 5.26 Å². The SMILES string of the molecule is CCn1c(-c2ccc3c(c2)OCO3)c(C#N)c2ccc(OC)cc21. The molecule has 0 bridgehead atoms. The van der Waals surface area contributed by atoms with Crippen LogP contribution in [-0.4, -0.2) is 18.5 Å². The van der Waals surface area contributed by atoms with Gasteiger partial charge >= 0.3 is 0 Å². The highest BCUT2D eigenvalue weighted by Gasteiger charge is 2.21. The van der Waals surface area contributed by atoms with Gasteiger partial charge in [0, 0.05) is 23.6 Å². The van der Waals surface area contributed by atoms with Crippen molar-refractivity contribution in [3.8, 4) is 34.6 Å². The molecule has 1 aliphatic heterocycles. The van der Waals surface area contributed by atoms with E-state index in [1.807, 2.05) is 36.4 Å². The van der Waals surface area contributed by atoms with Gasteiger partial charge in [0.05, 0.1) is 23.9 Å². The third kappa shape index (κ3) is 2.00. The van der Waals surface area contributed by atoms with Gasteiger partial charge in [0.25, 0.3) is 0 Å². The smallest absolute Gasteiger partial charge is 0.231 e. The first-order chi connectivity index (χ1) is 11.8. The number of methoxy groups -OCH3 is 1. The molecule has 0 fully saturated rings. The summed E-state index contributed by atoms with van der Waals surface area (Å²) in [6.07, 6.45) is 0. The molecular formula is C19H16N2O3. The van der Waals surface area contributed by atoms with Gasteiger partial charge in [0.15, 0.2) is 11.5 Å². The summed E-state index contributed by atoms with van der Waals surface area (Å²) >= 11 is 0. The van der Waals surface area contributed by atoms with Crippen LogP contribution in [0.5, 0.6) is 17.2 Å². The summed E-state index contributed by atoms with van der Waals surface area (Å²) in [5, 5.41) is 10.7. The molecule has 0 saturated carbocycles. The topological polar surface area (TPSA) is 56.4 Å². The molecule has 5 heteroatoms. The van der Waals surface area contributed by atoms with E-state index in [0.29, 0.717) is 11.3 Å². The maximum Gasteiger partial charge on any atom is 0.231 e. The zero-order chi connectivity index (χ0) is 16.7. The number of fused-ring (bicyclic) bond motifs is 2. The normalized spacial score (nSPS) is 12.4. The molecular weight excluding hydrogens is 304 g/mol. The fourth-order valence-electron chi connectivity index (χ4n) is 3.24. The Hall–Kier alpha value is -3.13. The van der Waals surface area contributed by atoms with Gasteiger partial charge in [-0.1, -0.05) is 0 Å². The maximum absolute atomic E-state index is 9.76. The van der Waals surface area contributed by atoms with Gasteiger partial charge in [0.1, 0.15) is 11.8 Å². The third-order valence-corrected chi connectivity index (χ3v) is 4.35. The van der Waals surface area contributed by atoms with Crippen LogP contribution in [0.4, 0.5) is 0 Å². The van der Waals surface area contributed by atoms with E-state index in [-0.39, 0.29) is 6.79 Å². The molecule has 0 saturated heterocycles. The van der Waals surface area contributed by atoms with Crippen LogP contribution in [0, 0.1) is 11.3 Å². The number of ether oxygens (including phenoxy) is 3. The minimum absolute atomic E-state index is 0.234. The van der Waals surface area contributed by atoms with Gasteiger partial charge < -0.3 is 18.8 Å². The van der Waals surface area contributed by atoms with Crippen molar-refractivity contribution in [2.24, 2.45) is 0 Å². The van der Waals surface area contributed by atoms with Crippen LogP contribution in [0.15, 0.2) is 36.4 Å². The molecule has 0 spiro atoms. The number of benzene rings is 2. The number of hydrogen-bond donors (Lipinski definition) is 0. The minimum Gasteiger partial charge on any atom is -0.497 e. The summed E-state index contributed by atoms with van der Waals surface area (Å²) in [5.41, 5.74) is 3.48. The number of rotatable bonds is 3. The first kappa shape index (κ1) is 14.5. The van der Waals surface area contributed by atoms with Gasteiger partial charge in [0.2, 0.25) is 6.79 Å². The van der Waals surface area contributed by atoms with E-state index in [0.717, 1.165) is 40.2 Å². The lowest BCUT2D eigenvalue weighted by molar-refractivity contribution is 0.174. The molecule has 4 rings (SSSR count). The molecule has 0 amide bonds. The van der Waals surface area contributed by atoms with Gasteiger partial charge in [-0.15, -0.1) is 0 Å². The van der Waals surface area contributed by atoms with Gasteiger partial charge in [-0.3, -0.25) is 0 Å². The number of aromatic nitrogens is 1. The monoisotopic (exact) mass is 320 g/mol.